The minimum Gasteiger partial charge on any atom is -0.453 e. The largest absolute Gasteiger partial charge is 0.453 e. The molecular formula is C22H24F2N4O4S. The van der Waals surface area contributed by atoms with Crippen LogP contribution in [-0.4, -0.2) is 55.1 Å². The lowest BCUT2D eigenvalue weighted by Gasteiger charge is -2.37. The van der Waals surface area contributed by atoms with Crippen LogP contribution in [0.4, 0.5) is 18.4 Å². The van der Waals surface area contributed by atoms with Gasteiger partial charge in [0, 0.05) is 19.2 Å². The maximum atomic E-state index is 14.6. The van der Waals surface area contributed by atoms with Gasteiger partial charge in [-0.15, -0.1) is 0 Å². The van der Waals surface area contributed by atoms with Gasteiger partial charge in [0.2, 0.25) is 0 Å². The zero-order valence-corrected chi connectivity index (χ0v) is 19.2. The van der Waals surface area contributed by atoms with Crippen LogP contribution in [0.3, 0.4) is 0 Å². The molecule has 0 unspecified atom stereocenters. The Bertz CT molecular complexity index is 1040. The minimum absolute atomic E-state index is 0.0524. The standard InChI is InChI=1S/C22H24F2N4O4S/c1-27(32-3)21(30)28-22(15-8-5-4-6-9-15,12-7-13-25-20(29)31-2)33-19(26-28)17-14-16(23)10-11-18(17)24/h4-6,8-11,14H,7,12-13H2,1-3H3,(H,25,29)/t22-/m0/s1. The van der Waals surface area contributed by atoms with Crippen molar-refractivity contribution in [3.05, 3.63) is 71.3 Å². The van der Waals surface area contributed by atoms with Crippen molar-refractivity contribution in [3.8, 4) is 0 Å². The number of benzene rings is 2. The van der Waals surface area contributed by atoms with Gasteiger partial charge in [-0.25, -0.2) is 23.4 Å². The maximum Gasteiger partial charge on any atom is 0.406 e. The van der Waals surface area contributed by atoms with Crippen LogP contribution in [0.2, 0.25) is 0 Å². The molecule has 33 heavy (non-hydrogen) atoms. The maximum absolute atomic E-state index is 14.6. The molecule has 1 N–H and O–H groups in total. The van der Waals surface area contributed by atoms with E-state index in [1.54, 1.807) is 0 Å². The van der Waals surface area contributed by atoms with Gasteiger partial charge in [0.25, 0.3) is 0 Å². The third-order valence-corrected chi connectivity index (χ3v) is 6.50. The molecule has 176 valence electrons. The van der Waals surface area contributed by atoms with Gasteiger partial charge in [-0.05, 0) is 36.6 Å². The second kappa shape index (κ2) is 10.6. The van der Waals surface area contributed by atoms with Gasteiger partial charge in [-0.3, -0.25) is 4.84 Å². The predicted molar refractivity (Wildman–Crippen MR) is 120 cm³/mol. The number of carbonyl (C=O) groups excluding carboxylic acids is 2. The summed E-state index contributed by atoms with van der Waals surface area (Å²) in [7, 11) is 4.03. The summed E-state index contributed by atoms with van der Waals surface area (Å²) in [5.74, 6) is -1.28. The van der Waals surface area contributed by atoms with Crippen molar-refractivity contribution >= 4 is 28.9 Å². The van der Waals surface area contributed by atoms with Gasteiger partial charge in [0.15, 0.2) is 0 Å². The molecule has 0 saturated heterocycles. The van der Waals surface area contributed by atoms with E-state index in [-0.39, 0.29) is 17.2 Å². The molecule has 3 amide bonds. The number of alkyl carbamates (subject to hydrolysis) is 1. The van der Waals surface area contributed by atoms with Crippen LogP contribution in [0.15, 0.2) is 53.6 Å². The Morgan fingerprint density at radius 3 is 2.58 bits per heavy atom. The van der Waals surface area contributed by atoms with E-state index in [0.29, 0.717) is 12.8 Å². The summed E-state index contributed by atoms with van der Waals surface area (Å²) in [6.45, 7) is 0.271. The molecule has 1 aliphatic heterocycles. The molecule has 0 aromatic heterocycles. The van der Waals surface area contributed by atoms with Crippen LogP contribution in [0.1, 0.15) is 24.0 Å². The average Bonchev–Trinajstić information content (AvgIpc) is 3.23. The van der Waals surface area contributed by atoms with Crippen LogP contribution >= 0.6 is 11.8 Å². The summed E-state index contributed by atoms with van der Waals surface area (Å²) in [6, 6.07) is 11.6. The molecule has 8 nitrogen and oxygen atoms in total. The molecule has 0 bridgehead atoms. The lowest BCUT2D eigenvalue weighted by atomic mass is 10.0. The second-order valence-electron chi connectivity index (χ2n) is 7.08. The summed E-state index contributed by atoms with van der Waals surface area (Å²) in [5.41, 5.74) is 0.671. The molecule has 1 aliphatic rings. The SMILES string of the molecule is COC(=O)NCCC[C@@]1(c2ccccc2)SC(c2cc(F)ccc2F)=NN1C(=O)N(C)OC. The average molecular weight is 479 g/mol. The predicted octanol–water partition coefficient (Wildman–Crippen LogP) is 4.28. The number of nitrogens with zero attached hydrogens (tertiary/aromatic N) is 3. The molecule has 0 radical (unpaired) electrons. The Kier molecular flexibility index (Phi) is 7.88. The molecule has 1 atom stereocenters. The molecular weight excluding hydrogens is 454 g/mol. The van der Waals surface area contributed by atoms with Crippen LogP contribution in [0.5, 0.6) is 0 Å². The number of hydrogen-bond acceptors (Lipinski definition) is 6. The number of nitrogens with one attached hydrogen (secondary N) is 1. The van der Waals surface area contributed by atoms with Crippen molar-refractivity contribution in [1.82, 2.24) is 15.4 Å². The monoisotopic (exact) mass is 478 g/mol. The first kappa shape index (κ1) is 24.5. The zero-order chi connectivity index (χ0) is 24.0. The van der Waals surface area contributed by atoms with Crippen LogP contribution in [-0.2, 0) is 14.4 Å². The van der Waals surface area contributed by atoms with Crippen molar-refractivity contribution < 1.29 is 27.9 Å². The van der Waals surface area contributed by atoms with Crippen LogP contribution in [0.25, 0.3) is 0 Å². The normalized spacial score (nSPS) is 17.5. The Hall–Kier alpha value is -3.18. The quantitative estimate of drug-likeness (QED) is 0.475. The molecule has 1 heterocycles. The molecule has 11 heteroatoms. The van der Waals surface area contributed by atoms with Gasteiger partial charge >= 0.3 is 12.1 Å². The van der Waals surface area contributed by atoms with Gasteiger partial charge in [-0.2, -0.15) is 10.1 Å². The summed E-state index contributed by atoms with van der Waals surface area (Å²) >= 11 is 1.14. The number of thioether (sulfide) groups is 1. The van der Waals surface area contributed by atoms with E-state index in [1.165, 1.54) is 26.3 Å². The molecule has 0 spiro atoms. The van der Waals surface area contributed by atoms with Gasteiger partial charge in [0.05, 0.1) is 14.2 Å². The molecule has 2 aromatic rings. The molecule has 0 saturated carbocycles. The second-order valence-corrected chi connectivity index (χ2v) is 8.34. The highest BCUT2D eigenvalue weighted by atomic mass is 32.2. The van der Waals surface area contributed by atoms with E-state index >= 15 is 0 Å². The highest BCUT2D eigenvalue weighted by molar-refractivity contribution is 8.15. The van der Waals surface area contributed by atoms with Crippen molar-refractivity contribution in [3.63, 3.8) is 0 Å². The van der Waals surface area contributed by atoms with Gasteiger partial charge in [0.1, 0.15) is 21.5 Å². The Labute approximate surface area is 194 Å². The fraction of sp³-hybridized carbons (Fsp3) is 0.318. The summed E-state index contributed by atoms with van der Waals surface area (Å²) < 4.78 is 33.1. The number of amides is 3. The van der Waals surface area contributed by atoms with Crippen molar-refractivity contribution in [2.75, 3.05) is 27.8 Å². The highest BCUT2D eigenvalue weighted by Crippen LogP contribution is 2.50. The van der Waals surface area contributed by atoms with Crippen LogP contribution < -0.4 is 5.32 Å². The molecule has 2 aromatic carbocycles. The number of rotatable bonds is 7. The van der Waals surface area contributed by atoms with Gasteiger partial charge in [-0.1, -0.05) is 42.1 Å². The van der Waals surface area contributed by atoms with E-state index in [2.05, 4.69) is 15.2 Å². The lowest BCUT2D eigenvalue weighted by Crippen LogP contribution is -2.47. The smallest absolute Gasteiger partial charge is 0.406 e. The number of methoxy groups -OCH3 is 1. The number of hydrogen-bond donors (Lipinski definition) is 1. The Balaban J connectivity index is 2.05. The topological polar surface area (TPSA) is 83.5 Å². The molecule has 0 fully saturated rings. The lowest BCUT2D eigenvalue weighted by molar-refractivity contribution is -0.0805. The number of hydrazone groups is 1. The molecule has 0 aliphatic carbocycles. The van der Waals surface area contributed by atoms with E-state index in [4.69, 9.17) is 4.84 Å². The molecule has 3 rings (SSSR count). The third kappa shape index (κ3) is 5.25. The summed E-state index contributed by atoms with van der Waals surface area (Å²) in [6.07, 6.45) is 0.193. The third-order valence-electron chi connectivity index (χ3n) is 5.05. The summed E-state index contributed by atoms with van der Waals surface area (Å²) in [4.78, 5) is 28.6. The summed E-state index contributed by atoms with van der Waals surface area (Å²) in [5, 5.41) is 9.38. The van der Waals surface area contributed by atoms with Gasteiger partial charge < -0.3 is 10.1 Å². The number of urea groups is 1. The first-order valence-electron chi connectivity index (χ1n) is 10.0. The Morgan fingerprint density at radius 1 is 1.18 bits per heavy atom. The first-order chi connectivity index (χ1) is 15.8. The van der Waals surface area contributed by atoms with Crippen LogP contribution in [0, 0.1) is 11.6 Å². The van der Waals surface area contributed by atoms with Crippen molar-refractivity contribution in [2.45, 2.75) is 17.7 Å². The van der Waals surface area contributed by atoms with Crippen molar-refractivity contribution in [2.24, 2.45) is 5.10 Å². The fourth-order valence-corrected chi connectivity index (χ4v) is 4.76. The fourth-order valence-electron chi connectivity index (χ4n) is 3.35. The number of carbonyl (C=O) groups is 2. The van der Waals surface area contributed by atoms with E-state index in [9.17, 15) is 18.4 Å². The Morgan fingerprint density at radius 2 is 1.91 bits per heavy atom. The zero-order valence-electron chi connectivity index (χ0n) is 18.4. The van der Waals surface area contributed by atoms with E-state index < -0.39 is 28.6 Å². The number of halogens is 2. The van der Waals surface area contributed by atoms with Crippen molar-refractivity contribution in [1.29, 1.82) is 0 Å². The number of ether oxygens (including phenoxy) is 1. The van der Waals surface area contributed by atoms with E-state index in [0.717, 1.165) is 40.6 Å². The number of hydroxylamine groups is 2. The van der Waals surface area contributed by atoms with E-state index in [1.807, 2.05) is 30.3 Å². The minimum atomic E-state index is -1.10. The first-order valence-corrected chi connectivity index (χ1v) is 10.9. The highest BCUT2D eigenvalue weighted by Gasteiger charge is 2.49.